The van der Waals surface area contributed by atoms with E-state index in [4.69, 9.17) is 0 Å². The van der Waals surface area contributed by atoms with Crippen molar-refractivity contribution >= 4 is 34.1 Å². The molecule has 1 aliphatic carbocycles. The van der Waals surface area contributed by atoms with Crippen LogP contribution in [0, 0.1) is 41.5 Å². The lowest BCUT2D eigenvalue weighted by atomic mass is 9.67. The van der Waals surface area contributed by atoms with E-state index in [9.17, 15) is 0 Å². The average Bonchev–Trinajstić information content (AvgIpc) is 3.51. The van der Waals surface area contributed by atoms with E-state index in [0.29, 0.717) is 0 Å². The SMILES string of the molecule is Cc1ccc(N(c2ccc(C)cc2)c2ccc3c(c2)C(c2ccc(C)cc2)(c2ccc(C)cc2)c2cc(N(c4ccc(C)cc4)c4ccc(C)cc4)ccc2-3)cc1. The van der Waals surface area contributed by atoms with Gasteiger partial charge in [-0.15, -0.1) is 0 Å². The molecule has 0 atom stereocenters. The second kappa shape index (κ2) is 14.5. The minimum absolute atomic E-state index is 0.601. The summed E-state index contributed by atoms with van der Waals surface area (Å²) in [7, 11) is 0. The van der Waals surface area contributed by atoms with Crippen molar-refractivity contribution in [2.45, 2.75) is 47.0 Å². The first-order chi connectivity index (χ1) is 27.7. The second-order valence-electron chi connectivity index (χ2n) is 16.0. The van der Waals surface area contributed by atoms with Gasteiger partial charge in [0.05, 0.1) is 5.41 Å². The van der Waals surface area contributed by atoms with E-state index in [-0.39, 0.29) is 0 Å². The lowest BCUT2D eigenvalue weighted by Gasteiger charge is -2.36. The summed E-state index contributed by atoms with van der Waals surface area (Å²) in [6.45, 7) is 13.0. The van der Waals surface area contributed by atoms with Crippen LogP contribution in [0.1, 0.15) is 55.6 Å². The molecular formula is C55H48N2. The molecule has 0 saturated heterocycles. The number of aryl methyl sites for hydroxylation is 6. The summed E-state index contributed by atoms with van der Waals surface area (Å²) in [6.07, 6.45) is 0. The highest BCUT2D eigenvalue weighted by atomic mass is 15.1. The first-order valence-electron chi connectivity index (χ1n) is 20.0. The molecular weight excluding hydrogens is 689 g/mol. The standard InChI is InChI=1S/C55H48N2/c1-37-7-19-43(20-8-37)55(44-21-9-38(2)10-22-44)53-35-49(56(45-23-11-39(3)12-24-45)46-25-13-40(4)14-26-46)31-33-51(53)52-34-32-50(36-54(52)55)57(47-27-15-41(5)16-28-47)48-29-17-42(6)18-30-48/h7-36H,1-6H3. The summed E-state index contributed by atoms with van der Waals surface area (Å²) < 4.78 is 0. The Bertz CT molecular complexity index is 2400. The van der Waals surface area contributed by atoms with Crippen LogP contribution in [0.4, 0.5) is 34.1 Å². The van der Waals surface area contributed by atoms with Gasteiger partial charge in [-0.25, -0.2) is 0 Å². The fraction of sp³-hybridized carbons (Fsp3) is 0.127. The molecule has 0 unspecified atom stereocenters. The summed E-state index contributed by atoms with van der Waals surface area (Å²) >= 11 is 0. The van der Waals surface area contributed by atoms with Gasteiger partial charge in [0, 0.05) is 34.1 Å². The molecule has 0 saturated carbocycles. The Morgan fingerprint density at radius 1 is 0.263 bits per heavy atom. The highest BCUT2D eigenvalue weighted by Gasteiger charge is 2.47. The van der Waals surface area contributed by atoms with Crippen molar-refractivity contribution in [1.29, 1.82) is 0 Å². The number of nitrogens with zero attached hydrogens (tertiary/aromatic N) is 2. The smallest absolute Gasteiger partial charge is 0.0715 e. The Balaban J connectivity index is 1.34. The van der Waals surface area contributed by atoms with Crippen molar-refractivity contribution in [3.05, 3.63) is 238 Å². The maximum Gasteiger partial charge on any atom is 0.0715 e. The zero-order valence-electron chi connectivity index (χ0n) is 33.7. The van der Waals surface area contributed by atoms with E-state index >= 15 is 0 Å². The van der Waals surface area contributed by atoms with Crippen LogP contribution < -0.4 is 9.80 Å². The Morgan fingerprint density at radius 3 is 0.754 bits per heavy atom. The lowest BCUT2D eigenvalue weighted by Crippen LogP contribution is -2.29. The van der Waals surface area contributed by atoms with Gasteiger partial charge in [0.1, 0.15) is 0 Å². The molecule has 0 fully saturated rings. The molecule has 0 amide bonds. The molecule has 0 bridgehead atoms. The van der Waals surface area contributed by atoms with Crippen molar-refractivity contribution in [2.75, 3.05) is 9.80 Å². The van der Waals surface area contributed by atoms with Crippen LogP contribution in [0.5, 0.6) is 0 Å². The number of anilines is 6. The van der Waals surface area contributed by atoms with Gasteiger partial charge in [-0.2, -0.15) is 0 Å². The number of benzene rings is 8. The maximum atomic E-state index is 2.46. The molecule has 278 valence electrons. The van der Waals surface area contributed by atoms with Crippen LogP contribution in [0.3, 0.4) is 0 Å². The van der Waals surface area contributed by atoms with E-state index in [1.54, 1.807) is 0 Å². The van der Waals surface area contributed by atoms with E-state index in [0.717, 1.165) is 34.1 Å². The first-order valence-corrected chi connectivity index (χ1v) is 20.0. The zero-order valence-corrected chi connectivity index (χ0v) is 33.7. The molecule has 2 nitrogen and oxygen atoms in total. The molecule has 0 N–H and O–H groups in total. The van der Waals surface area contributed by atoms with Crippen molar-refractivity contribution in [1.82, 2.24) is 0 Å². The Labute approximate surface area is 338 Å². The third kappa shape index (κ3) is 6.42. The average molecular weight is 737 g/mol. The minimum Gasteiger partial charge on any atom is -0.310 e. The van der Waals surface area contributed by atoms with Gasteiger partial charge in [0.25, 0.3) is 0 Å². The van der Waals surface area contributed by atoms with Crippen LogP contribution in [-0.4, -0.2) is 0 Å². The summed E-state index contributed by atoms with van der Waals surface area (Å²) in [6, 6.07) is 68.3. The van der Waals surface area contributed by atoms with Crippen molar-refractivity contribution < 1.29 is 0 Å². The molecule has 0 heterocycles. The van der Waals surface area contributed by atoms with Crippen LogP contribution in [0.25, 0.3) is 11.1 Å². The third-order valence-corrected chi connectivity index (χ3v) is 11.8. The van der Waals surface area contributed by atoms with Crippen LogP contribution >= 0.6 is 0 Å². The molecule has 9 rings (SSSR count). The number of fused-ring (bicyclic) bond motifs is 3. The van der Waals surface area contributed by atoms with Gasteiger partial charge in [-0.05, 0) is 148 Å². The zero-order chi connectivity index (χ0) is 39.3. The van der Waals surface area contributed by atoms with Crippen molar-refractivity contribution in [3.63, 3.8) is 0 Å². The third-order valence-electron chi connectivity index (χ3n) is 11.8. The lowest BCUT2D eigenvalue weighted by molar-refractivity contribution is 0.767. The molecule has 0 aliphatic heterocycles. The Kier molecular flexibility index (Phi) is 9.14. The maximum absolute atomic E-state index is 2.46. The van der Waals surface area contributed by atoms with E-state index in [1.165, 1.54) is 66.8 Å². The number of hydrogen-bond donors (Lipinski definition) is 0. The van der Waals surface area contributed by atoms with E-state index in [1.807, 2.05) is 0 Å². The summed E-state index contributed by atoms with van der Waals surface area (Å²) in [5.41, 5.74) is 21.2. The monoisotopic (exact) mass is 736 g/mol. The quantitative estimate of drug-likeness (QED) is 0.153. The van der Waals surface area contributed by atoms with Gasteiger partial charge >= 0.3 is 0 Å². The summed E-state index contributed by atoms with van der Waals surface area (Å²) in [5.74, 6) is 0. The normalized spacial score (nSPS) is 12.5. The highest BCUT2D eigenvalue weighted by molar-refractivity contribution is 5.92. The topological polar surface area (TPSA) is 6.48 Å². The van der Waals surface area contributed by atoms with Crippen LogP contribution in [0.15, 0.2) is 182 Å². The Morgan fingerprint density at radius 2 is 0.491 bits per heavy atom. The molecule has 0 spiro atoms. The van der Waals surface area contributed by atoms with Gasteiger partial charge in [-0.3, -0.25) is 0 Å². The molecule has 8 aromatic rings. The van der Waals surface area contributed by atoms with E-state index in [2.05, 4.69) is 233 Å². The van der Waals surface area contributed by atoms with Crippen LogP contribution in [-0.2, 0) is 5.41 Å². The largest absolute Gasteiger partial charge is 0.310 e. The van der Waals surface area contributed by atoms with Gasteiger partial charge in [0.2, 0.25) is 0 Å². The molecule has 0 aromatic heterocycles. The van der Waals surface area contributed by atoms with Crippen molar-refractivity contribution in [3.8, 4) is 11.1 Å². The predicted octanol–water partition coefficient (Wildman–Crippen LogP) is 14.8. The molecule has 1 aliphatic rings. The number of rotatable bonds is 8. The Hall–Kier alpha value is -6.64. The summed E-state index contributed by atoms with van der Waals surface area (Å²) in [5, 5.41) is 0. The van der Waals surface area contributed by atoms with Crippen molar-refractivity contribution in [2.24, 2.45) is 0 Å². The molecule has 2 heteroatoms. The second-order valence-corrected chi connectivity index (χ2v) is 16.0. The highest BCUT2D eigenvalue weighted by Crippen LogP contribution is 2.58. The molecule has 0 radical (unpaired) electrons. The molecule has 8 aromatic carbocycles. The van der Waals surface area contributed by atoms with E-state index < -0.39 is 5.41 Å². The van der Waals surface area contributed by atoms with Crippen LogP contribution in [0.2, 0.25) is 0 Å². The minimum atomic E-state index is -0.601. The van der Waals surface area contributed by atoms with Gasteiger partial charge in [0.15, 0.2) is 0 Å². The fourth-order valence-corrected chi connectivity index (χ4v) is 8.64. The molecule has 57 heavy (non-hydrogen) atoms. The van der Waals surface area contributed by atoms with Gasteiger partial charge < -0.3 is 9.80 Å². The van der Waals surface area contributed by atoms with Gasteiger partial charge in [-0.1, -0.05) is 143 Å². The summed E-state index contributed by atoms with van der Waals surface area (Å²) in [4.78, 5) is 4.80. The first kappa shape index (κ1) is 36.0. The fourth-order valence-electron chi connectivity index (χ4n) is 8.64. The number of hydrogen-bond acceptors (Lipinski definition) is 2. The predicted molar refractivity (Wildman–Crippen MR) is 242 cm³/mol.